The van der Waals surface area contributed by atoms with Crippen LogP contribution in [0.2, 0.25) is 0 Å². The average molecular weight is 618 g/mol. The number of para-hydroxylation sites is 3. The minimum absolute atomic E-state index is 0.0577. The molecule has 0 saturated carbocycles. The van der Waals surface area contributed by atoms with Gasteiger partial charge in [-0.2, -0.15) is 0 Å². The summed E-state index contributed by atoms with van der Waals surface area (Å²) < 4.78 is 18.3. The molecule has 0 radical (unpaired) electrons. The predicted octanol–water partition coefficient (Wildman–Crippen LogP) is 9.55. The van der Waals surface area contributed by atoms with E-state index in [1.54, 1.807) is 0 Å². The van der Waals surface area contributed by atoms with E-state index in [1.807, 2.05) is 23.5 Å². The van der Waals surface area contributed by atoms with Crippen LogP contribution < -0.4 is 25.9 Å². The molecule has 0 aliphatic carbocycles. The summed E-state index contributed by atoms with van der Waals surface area (Å²) in [5.74, 6) is 3.48. The minimum atomic E-state index is 0.0577. The average Bonchev–Trinajstić information content (AvgIpc) is 3.66. The van der Waals surface area contributed by atoms with Crippen molar-refractivity contribution in [1.82, 2.24) is 4.57 Å². The van der Waals surface area contributed by atoms with Crippen LogP contribution in [0.1, 0.15) is 0 Å². The van der Waals surface area contributed by atoms with Crippen molar-refractivity contribution < 1.29 is 9.47 Å². The van der Waals surface area contributed by atoms with Crippen LogP contribution in [-0.2, 0) is 0 Å². The highest BCUT2D eigenvalue weighted by Gasteiger charge is 2.40. The Bertz CT molecular complexity index is 2700. The van der Waals surface area contributed by atoms with E-state index < -0.39 is 0 Å². The Balaban J connectivity index is 1.12. The predicted molar refractivity (Wildman–Crippen MR) is 197 cm³/mol. The van der Waals surface area contributed by atoms with E-state index in [2.05, 4.69) is 138 Å². The van der Waals surface area contributed by atoms with Gasteiger partial charge >= 0.3 is 0 Å². The Morgan fingerprint density at radius 1 is 0.447 bits per heavy atom. The second-order valence-electron chi connectivity index (χ2n) is 12.5. The van der Waals surface area contributed by atoms with Gasteiger partial charge in [-0.1, -0.05) is 84.9 Å². The molecule has 3 nitrogen and oxygen atoms in total. The summed E-state index contributed by atoms with van der Waals surface area (Å²) in [6, 6.07) is 52.2. The highest BCUT2D eigenvalue weighted by molar-refractivity contribution is 7.25. The first-order valence-corrected chi connectivity index (χ1v) is 16.8. The number of benzene rings is 7. The maximum Gasteiger partial charge on any atom is 0.260 e. The van der Waals surface area contributed by atoms with Gasteiger partial charge in [-0.3, -0.25) is 0 Å². The fraction of sp³-hybridized carbons (Fsp3) is 0. The van der Waals surface area contributed by atoms with Crippen LogP contribution in [-0.4, -0.2) is 11.3 Å². The molecule has 47 heavy (non-hydrogen) atoms. The Kier molecular flexibility index (Phi) is 5.07. The van der Waals surface area contributed by atoms with Gasteiger partial charge in [-0.25, -0.2) is 0 Å². The van der Waals surface area contributed by atoms with Crippen molar-refractivity contribution in [1.29, 1.82) is 0 Å². The van der Waals surface area contributed by atoms with Gasteiger partial charge in [0, 0.05) is 48.5 Å². The lowest BCUT2D eigenvalue weighted by Gasteiger charge is -2.33. The first-order chi connectivity index (χ1) is 23.3. The Morgan fingerprint density at radius 2 is 1.02 bits per heavy atom. The molecule has 11 rings (SSSR count). The third-order valence-electron chi connectivity index (χ3n) is 9.92. The largest absolute Gasteiger partial charge is 0.458 e. The van der Waals surface area contributed by atoms with Crippen molar-refractivity contribution in [2.75, 3.05) is 0 Å². The normalized spacial score (nSPS) is 13.0. The van der Waals surface area contributed by atoms with Crippen molar-refractivity contribution in [3.8, 4) is 39.8 Å². The van der Waals surface area contributed by atoms with Crippen LogP contribution in [0.4, 0.5) is 0 Å². The molecule has 7 aromatic carbocycles. The van der Waals surface area contributed by atoms with Gasteiger partial charge in [0.25, 0.3) is 6.71 Å². The summed E-state index contributed by atoms with van der Waals surface area (Å²) in [5.41, 5.74) is 9.17. The van der Waals surface area contributed by atoms with Crippen LogP contribution in [0.5, 0.6) is 23.0 Å². The lowest BCUT2D eigenvalue weighted by Crippen LogP contribution is -2.57. The number of thiophene rings is 1. The maximum absolute atomic E-state index is 6.65. The third kappa shape index (κ3) is 3.57. The van der Waals surface area contributed by atoms with Gasteiger partial charge in [-0.15, -0.1) is 11.3 Å². The Morgan fingerprint density at radius 3 is 1.79 bits per heavy atom. The van der Waals surface area contributed by atoms with E-state index in [0.29, 0.717) is 0 Å². The molecular formula is C42H24BNO2S. The van der Waals surface area contributed by atoms with Crippen LogP contribution in [0.3, 0.4) is 0 Å². The number of hydrogen-bond donors (Lipinski definition) is 0. The minimum Gasteiger partial charge on any atom is -0.458 e. The molecule has 0 atom stereocenters. The molecule has 0 amide bonds. The summed E-state index contributed by atoms with van der Waals surface area (Å²) in [7, 11) is 0. The number of rotatable bonds is 2. The summed E-state index contributed by atoms with van der Waals surface area (Å²) >= 11 is 1.86. The summed E-state index contributed by atoms with van der Waals surface area (Å²) in [4.78, 5) is 0. The topological polar surface area (TPSA) is 23.4 Å². The van der Waals surface area contributed by atoms with E-state index in [-0.39, 0.29) is 6.71 Å². The number of nitrogens with zero attached hydrogens (tertiary/aromatic N) is 1. The first-order valence-electron chi connectivity index (χ1n) is 16.0. The summed E-state index contributed by atoms with van der Waals surface area (Å²) in [6.07, 6.45) is 0. The first kappa shape index (κ1) is 25.4. The lowest BCUT2D eigenvalue weighted by molar-refractivity contribution is 0.464. The van der Waals surface area contributed by atoms with E-state index in [0.717, 1.165) is 45.2 Å². The molecule has 0 saturated heterocycles. The zero-order chi connectivity index (χ0) is 30.6. The molecule has 5 heteroatoms. The fourth-order valence-electron chi connectivity index (χ4n) is 7.85. The number of fused-ring (bicyclic) bond motifs is 10. The Labute approximate surface area is 274 Å². The van der Waals surface area contributed by atoms with E-state index in [4.69, 9.17) is 9.47 Å². The second kappa shape index (κ2) is 9.38. The van der Waals surface area contributed by atoms with Crippen LogP contribution >= 0.6 is 11.3 Å². The fourth-order valence-corrected chi connectivity index (χ4v) is 8.93. The molecule has 9 aromatic rings. The lowest BCUT2D eigenvalue weighted by atomic mass is 9.35. The van der Waals surface area contributed by atoms with Gasteiger partial charge in [0.2, 0.25) is 0 Å². The molecule has 0 fully saturated rings. The molecule has 4 heterocycles. The summed E-state index contributed by atoms with van der Waals surface area (Å²) in [6.45, 7) is 0.0577. The van der Waals surface area contributed by atoms with Gasteiger partial charge in [0.1, 0.15) is 23.0 Å². The van der Waals surface area contributed by atoms with Crippen LogP contribution in [0, 0.1) is 0 Å². The van der Waals surface area contributed by atoms with Crippen molar-refractivity contribution in [2.24, 2.45) is 0 Å². The molecule has 2 aliphatic rings. The standard InChI is InChI=1S/C42H24BNO2S/c1-5-13-34-28(9-1)30-21-25(26-18-20-41-31(22-26)29-10-2-8-16-40(29)47-41)17-19-35(30)44(34)27-23-38-42-39(24-27)46-37-15-7-4-12-33(37)43(42)32-11-3-6-14-36(32)45-38/h1-24H. The quantitative estimate of drug-likeness (QED) is 0.181. The van der Waals surface area contributed by atoms with E-state index in [1.165, 1.54) is 53.0 Å². The second-order valence-corrected chi connectivity index (χ2v) is 13.5. The van der Waals surface area contributed by atoms with Gasteiger partial charge in [-0.05, 0) is 70.6 Å². The van der Waals surface area contributed by atoms with Crippen LogP contribution in [0.15, 0.2) is 146 Å². The molecule has 0 N–H and O–H groups in total. The molecule has 0 bridgehead atoms. The van der Waals surface area contributed by atoms with Crippen molar-refractivity contribution in [2.45, 2.75) is 0 Å². The van der Waals surface area contributed by atoms with Crippen LogP contribution in [0.25, 0.3) is 58.8 Å². The molecule has 0 spiro atoms. The van der Waals surface area contributed by atoms with Crippen molar-refractivity contribution in [3.63, 3.8) is 0 Å². The molecule has 2 aromatic heterocycles. The van der Waals surface area contributed by atoms with Gasteiger partial charge in [0.05, 0.1) is 16.7 Å². The van der Waals surface area contributed by atoms with E-state index in [9.17, 15) is 0 Å². The number of ether oxygens (including phenoxy) is 2. The van der Waals surface area contributed by atoms with Crippen molar-refractivity contribution in [3.05, 3.63) is 146 Å². The SMILES string of the molecule is c1ccc2c(c1)Oc1cc(-n3c4ccccc4c4cc(-c5ccc6sc7ccccc7c6c5)ccc43)cc3c1B2c1ccccc1O3. The van der Waals surface area contributed by atoms with E-state index >= 15 is 0 Å². The zero-order valence-corrected chi connectivity index (χ0v) is 25.9. The molecule has 2 aliphatic heterocycles. The highest BCUT2D eigenvalue weighted by Crippen LogP contribution is 2.41. The van der Waals surface area contributed by atoms with Gasteiger partial charge < -0.3 is 14.0 Å². The summed E-state index contributed by atoms with van der Waals surface area (Å²) in [5, 5.41) is 5.07. The number of aromatic nitrogens is 1. The van der Waals surface area contributed by atoms with Gasteiger partial charge in [0.15, 0.2) is 0 Å². The Hall–Kier alpha value is -5.78. The smallest absolute Gasteiger partial charge is 0.260 e. The number of hydrogen-bond acceptors (Lipinski definition) is 3. The molecular weight excluding hydrogens is 593 g/mol. The van der Waals surface area contributed by atoms with Crippen molar-refractivity contribution >= 4 is 76.4 Å². The molecule has 218 valence electrons. The molecule has 0 unspecified atom stereocenters. The third-order valence-corrected chi connectivity index (χ3v) is 11.1. The maximum atomic E-state index is 6.65. The monoisotopic (exact) mass is 617 g/mol. The highest BCUT2D eigenvalue weighted by atomic mass is 32.1. The zero-order valence-electron chi connectivity index (χ0n) is 25.1.